The van der Waals surface area contributed by atoms with Crippen molar-refractivity contribution in [2.24, 2.45) is 0 Å². The van der Waals surface area contributed by atoms with Crippen molar-refractivity contribution in [2.75, 3.05) is 13.6 Å². The van der Waals surface area contributed by atoms with E-state index in [1.807, 2.05) is 60.7 Å². The third-order valence-electron chi connectivity index (χ3n) is 4.40. The zero-order valence-corrected chi connectivity index (χ0v) is 15.8. The fraction of sp³-hybridized carbons (Fsp3) is 0.174. The standard InChI is InChI=1S/C23H23N3O2/c1-26(17-19-10-6-3-7-11-19)23(28)21-14-20(15-24-16-21)22(27)25-13-12-18-8-4-2-5-9-18/h2-11,14-16H,12-13,17H2,1H3,(H,25,27). The van der Waals surface area contributed by atoms with Crippen LogP contribution in [-0.4, -0.2) is 35.3 Å². The van der Waals surface area contributed by atoms with Crippen molar-refractivity contribution in [3.63, 3.8) is 0 Å². The van der Waals surface area contributed by atoms with Crippen LogP contribution in [0.25, 0.3) is 0 Å². The highest BCUT2D eigenvalue weighted by Crippen LogP contribution is 2.10. The van der Waals surface area contributed by atoms with Crippen molar-refractivity contribution in [3.05, 3.63) is 101 Å². The van der Waals surface area contributed by atoms with Gasteiger partial charge in [-0.15, -0.1) is 0 Å². The van der Waals surface area contributed by atoms with Crippen molar-refractivity contribution in [3.8, 4) is 0 Å². The van der Waals surface area contributed by atoms with Gasteiger partial charge in [0.05, 0.1) is 11.1 Å². The van der Waals surface area contributed by atoms with E-state index in [0.29, 0.717) is 24.2 Å². The minimum Gasteiger partial charge on any atom is -0.352 e. The first-order valence-corrected chi connectivity index (χ1v) is 9.20. The fourth-order valence-corrected chi connectivity index (χ4v) is 2.90. The fourth-order valence-electron chi connectivity index (χ4n) is 2.90. The lowest BCUT2D eigenvalue weighted by atomic mass is 10.1. The molecule has 5 nitrogen and oxygen atoms in total. The second-order valence-corrected chi connectivity index (χ2v) is 6.60. The molecule has 0 radical (unpaired) electrons. The molecule has 0 saturated heterocycles. The second kappa shape index (κ2) is 9.46. The molecule has 0 atom stereocenters. The number of benzene rings is 2. The molecule has 5 heteroatoms. The normalized spacial score (nSPS) is 10.3. The topological polar surface area (TPSA) is 62.3 Å². The Kier molecular flexibility index (Phi) is 6.52. The monoisotopic (exact) mass is 373 g/mol. The van der Waals surface area contributed by atoms with Gasteiger partial charge in [0.2, 0.25) is 0 Å². The number of hydrogen-bond donors (Lipinski definition) is 1. The number of nitrogens with zero attached hydrogens (tertiary/aromatic N) is 2. The maximum Gasteiger partial charge on any atom is 0.255 e. The highest BCUT2D eigenvalue weighted by atomic mass is 16.2. The van der Waals surface area contributed by atoms with E-state index >= 15 is 0 Å². The molecule has 2 aromatic carbocycles. The maximum absolute atomic E-state index is 12.7. The Morgan fingerprint density at radius 3 is 2.18 bits per heavy atom. The molecule has 2 amide bonds. The van der Waals surface area contributed by atoms with Gasteiger partial charge in [-0.1, -0.05) is 60.7 Å². The lowest BCUT2D eigenvalue weighted by Gasteiger charge is -2.17. The summed E-state index contributed by atoms with van der Waals surface area (Å²) in [5.74, 6) is -0.404. The Balaban J connectivity index is 1.59. The minimum atomic E-state index is -0.233. The average molecular weight is 373 g/mol. The molecule has 3 aromatic rings. The molecule has 0 aliphatic carbocycles. The number of carbonyl (C=O) groups is 2. The largest absolute Gasteiger partial charge is 0.352 e. The third kappa shape index (κ3) is 5.27. The van der Waals surface area contributed by atoms with Crippen LogP contribution in [0.2, 0.25) is 0 Å². The quantitative estimate of drug-likeness (QED) is 0.691. The van der Waals surface area contributed by atoms with Crippen molar-refractivity contribution < 1.29 is 9.59 Å². The van der Waals surface area contributed by atoms with E-state index < -0.39 is 0 Å². The molecule has 0 bridgehead atoms. The number of nitrogens with one attached hydrogen (secondary N) is 1. The minimum absolute atomic E-state index is 0.171. The van der Waals surface area contributed by atoms with E-state index in [-0.39, 0.29) is 11.8 Å². The van der Waals surface area contributed by atoms with Crippen LogP contribution < -0.4 is 5.32 Å². The van der Waals surface area contributed by atoms with Crippen LogP contribution in [0.1, 0.15) is 31.8 Å². The molecule has 1 N–H and O–H groups in total. The number of rotatable bonds is 7. The number of carbonyl (C=O) groups excluding carboxylic acids is 2. The van der Waals surface area contributed by atoms with Crippen LogP contribution in [0.5, 0.6) is 0 Å². The molecule has 1 aromatic heterocycles. The molecule has 28 heavy (non-hydrogen) atoms. The number of aromatic nitrogens is 1. The predicted molar refractivity (Wildman–Crippen MR) is 109 cm³/mol. The number of amides is 2. The van der Waals surface area contributed by atoms with Gasteiger partial charge in [-0.25, -0.2) is 0 Å². The molecule has 0 aliphatic heterocycles. The third-order valence-corrected chi connectivity index (χ3v) is 4.40. The molecule has 0 saturated carbocycles. The first kappa shape index (κ1) is 19.3. The SMILES string of the molecule is CN(Cc1ccccc1)C(=O)c1cncc(C(=O)NCCc2ccccc2)c1. The van der Waals surface area contributed by atoms with Crippen LogP contribution in [0.3, 0.4) is 0 Å². The summed E-state index contributed by atoms with van der Waals surface area (Å²) in [5, 5.41) is 2.88. The van der Waals surface area contributed by atoms with Crippen LogP contribution in [0.4, 0.5) is 0 Å². The maximum atomic E-state index is 12.7. The zero-order valence-electron chi connectivity index (χ0n) is 15.8. The first-order chi connectivity index (χ1) is 13.6. The Labute approximate surface area is 165 Å². The van der Waals surface area contributed by atoms with E-state index in [9.17, 15) is 9.59 Å². The van der Waals surface area contributed by atoms with E-state index in [2.05, 4.69) is 10.3 Å². The van der Waals surface area contributed by atoms with Crippen LogP contribution in [0.15, 0.2) is 79.1 Å². The second-order valence-electron chi connectivity index (χ2n) is 6.60. The van der Waals surface area contributed by atoms with Gasteiger partial charge in [-0.2, -0.15) is 0 Å². The van der Waals surface area contributed by atoms with Gasteiger partial charge in [0, 0.05) is 32.5 Å². The zero-order chi connectivity index (χ0) is 19.8. The smallest absolute Gasteiger partial charge is 0.255 e. The first-order valence-electron chi connectivity index (χ1n) is 9.20. The Morgan fingerprint density at radius 1 is 0.893 bits per heavy atom. The van der Waals surface area contributed by atoms with Gasteiger partial charge in [0.15, 0.2) is 0 Å². The summed E-state index contributed by atoms with van der Waals surface area (Å²) >= 11 is 0. The molecular formula is C23H23N3O2. The van der Waals surface area contributed by atoms with Crippen molar-refractivity contribution in [1.82, 2.24) is 15.2 Å². The Hall–Kier alpha value is -3.47. The van der Waals surface area contributed by atoms with Crippen LogP contribution in [0, 0.1) is 0 Å². The molecule has 0 aliphatic rings. The summed E-state index contributed by atoms with van der Waals surface area (Å²) in [4.78, 5) is 30.8. The summed E-state index contributed by atoms with van der Waals surface area (Å²) in [6.45, 7) is 1.02. The van der Waals surface area contributed by atoms with Gasteiger partial charge in [-0.3, -0.25) is 14.6 Å². The van der Waals surface area contributed by atoms with E-state index in [4.69, 9.17) is 0 Å². The molecule has 0 spiro atoms. The van der Waals surface area contributed by atoms with E-state index in [0.717, 1.165) is 17.5 Å². The van der Waals surface area contributed by atoms with Crippen molar-refractivity contribution in [2.45, 2.75) is 13.0 Å². The summed E-state index contributed by atoms with van der Waals surface area (Å²) in [7, 11) is 1.74. The average Bonchev–Trinajstić information content (AvgIpc) is 2.74. The van der Waals surface area contributed by atoms with Gasteiger partial charge in [0.25, 0.3) is 11.8 Å². The summed E-state index contributed by atoms with van der Waals surface area (Å²) in [6.07, 6.45) is 3.72. The lowest BCUT2D eigenvalue weighted by molar-refractivity contribution is 0.0784. The van der Waals surface area contributed by atoms with Crippen LogP contribution >= 0.6 is 0 Å². The van der Waals surface area contributed by atoms with Gasteiger partial charge in [-0.05, 0) is 23.6 Å². The van der Waals surface area contributed by atoms with E-state index in [1.165, 1.54) is 12.4 Å². The molecule has 0 fully saturated rings. The summed E-state index contributed by atoms with van der Waals surface area (Å²) in [6, 6.07) is 21.3. The van der Waals surface area contributed by atoms with Gasteiger partial charge in [0.1, 0.15) is 0 Å². The molecule has 142 valence electrons. The van der Waals surface area contributed by atoms with Crippen LogP contribution in [-0.2, 0) is 13.0 Å². The molecular weight excluding hydrogens is 350 g/mol. The Bertz CT molecular complexity index is 927. The Morgan fingerprint density at radius 2 is 1.50 bits per heavy atom. The highest BCUT2D eigenvalue weighted by Gasteiger charge is 2.15. The summed E-state index contributed by atoms with van der Waals surface area (Å²) in [5.41, 5.74) is 2.98. The molecule has 1 heterocycles. The van der Waals surface area contributed by atoms with Crippen molar-refractivity contribution >= 4 is 11.8 Å². The van der Waals surface area contributed by atoms with Gasteiger partial charge >= 0.3 is 0 Å². The lowest BCUT2D eigenvalue weighted by Crippen LogP contribution is -2.28. The molecule has 3 rings (SSSR count). The number of pyridine rings is 1. The number of hydrogen-bond acceptors (Lipinski definition) is 3. The predicted octanol–water partition coefficient (Wildman–Crippen LogP) is 3.33. The van der Waals surface area contributed by atoms with Crippen molar-refractivity contribution in [1.29, 1.82) is 0 Å². The summed E-state index contributed by atoms with van der Waals surface area (Å²) < 4.78 is 0. The molecule has 0 unspecified atom stereocenters. The van der Waals surface area contributed by atoms with E-state index in [1.54, 1.807) is 18.0 Å². The highest BCUT2D eigenvalue weighted by molar-refractivity contribution is 5.99. The van der Waals surface area contributed by atoms with Gasteiger partial charge < -0.3 is 10.2 Å².